The van der Waals surface area contributed by atoms with Crippen LogP contribution in [0.5, 0.6) is 0 Å². The molecule has 0 fully saturated rings. The zero-order chi connectivity index (χ0) is 23.4. The van der Waals surface area contributed by atoms with Crippen LogP contribution in [-0.4, -0.2) is 57.7 Å². The highest BCUT2D eigenvalue weighted by molar-refractivity contribution is 7.80. The highest BCUT2D eigenvalue weighted by Gasteiger charge is 2.38. The summed E-state index contributed by atoms with van der Waals surface area (Å²) >= 11 is 4.71. The summed E-state index contributed by atoms with van der Waals surface area (Å²) < 4.78 is 0. The molecule has 0 heterocycles. The van der Waals surface area contributed by atoms with Crippen LogP contribution in [-0.2, 0) is 25.6 Å². The first kappa shape index (κ1) is 26.4. The number of carboxylic acids is 1. The number of amides is 3. The number of unbranched alkanes of at least 4 members (excludes halogenated alkanes) is 1. The minimum Gasteiger partial charge on any atom is -0.480 e. The lowest BCUT2D eigenvalue weighted by Gasteiger charge is -2.30. The van der Waals surface area contributed by atoms with Crippen molar-refractivity contribution in [3.8, 4) is 0 Å². The van der Waals surface area contributed by atoms with Crippen LogP contribution in [0.25, 0.3) is 0 Å². The second-order valence-electron chi connectivity index (χ2n) is 7.71. The number of nitrogens with one attached hydrogen (secondary N) is 1. The summed E-state index contributed by atoms with van der Waals surface area (Å²) in [7, 11) is 0. The number of thiocarbonyl (C=S) groups is 1. The van der Waals surface area contributed by atoms with Crippen molar-refractivity contribution in [1.82, 2.24) is 10.2 Å². The normalized spacial score (nSPS) is 12.6. The maximum atomic E-state index is 13.3. The van der Waals surface area contributed by atoms with Crippen LogP contribution in [0.4, 0.5) is 0 Å². The Morgan fingerprint density at radius 2 is 1.81 bits per heavy atom. The molecule has 170 valence electrons. The molecule has 0 spiro atoms. The second kappa shape index (κ2) is 13.6. The third-order valence-corrected chi connectivity index (χ3v) is 4.82. The van der Waals surface area contributed by atoms with Crippen LogP contribution in [0, 0.1) is 5.92 Å². The Labute approximate surface area is 188 Å². The molecule has 3 amide bonds. The average molecular weight is 450 g/mol. The van der Waals surface area contributed by atoms with Gasteiger partial charge in [0.1, 0.15) is 12.1 Å². The fraction of sp³-hybridized carbons (Fsp3) is 0.500. The molecular formula is C22H31N3O5S. The van der Waals surface area contributed by atoms with Crippen molar-refractivity contribution in [2.24, 2.45) is 11.7 Å². The molecule has 2 atom stereocenters. The maximum absolute atomic E-state index is 13.3. The molecule has 0 aliphatic carbocycles. The average Bonchev–Trinajstić information content (AvgIpc) is 2.72. The number of hydrogen-bond acceptors (Lipinski definition) is 6. The highest BCUT2D eigenvalue weighted by atomic mass is 32.1. The Kier molecular flexibility index (Phi) is 11.6. The number of benzene rings is 1. The van der Waals surface area contributed by atoms with Gasteiger partial charge in [-0.25, -0.2) is 4.79 Å². The zero-order valence-corrected chi connectivity index (χ0v) is 18.8. The lowest BCUT2D eigenvalue weighted by molar-refractivity contribution is -0.156. The molecule has 0 saturated heterocycles. The van der Waals surface area contributed by atoms with E-state index < -0.39 is 29.9 Å². The van der Waals surface area contributed by atoms with E-state index in [1.807, 2.05) is 13.8 Å². The Hall–Kier alpha value is -2.65. The van der Waals surface area contributed by atoms with Crippen LogP contribution in [0.15, 0.2) is 30.3 Å². The lowest BCUT2D eigenvalue weighted by Crippen LogP contribution is -2.57. The van der Waals surface area contributed by atoms with Gasteiger partial charge in [0.2, 0.25) is 5.91 Å². The van der Waals surface area contributed by atoms with Gasteiger partial charge < -0.3 is 16.2 Å². The van der Waals surface area contributed by atoms with E-state index in [1.165, 1.54) is 0 Å². The van der Waals surface area contributed by atoms with Gasteiger partial charge in [-0.05, 0) is 37.3 Å². The predicted molar refractivity (Wildman–Crippen MR) is 121 cm³/mol. The van der Waals surface area contributed by atoms with Crippen molar-refractivity contribution >= 4 is 41.3 Å². The van der Waals surface area contributed by atoms with E-state index in [0.717, 1.165) is 5.37 Å². The summed E-state index contributed by atoms with van der Waals surface area (Å²) in [6, 6.07) is 6.18. The van der Waals surface area contributed by atoms with E-state index in [9.17, 15) is 24.3 Å². The maximum Gasteiger partial charge on any atom is 0.327 e. The Balaban J connectivity index is 3.22. The fourth-order valence-corrected chi connectivity index (χ4v) is 3.25. The van der Waals surface area contributed by atoms with Crippen molar-refractivity contribution in [3.63, 3.8) is 0 Å². The van der Waals surface area contributed by atoms with Gasteiger partial charge in [-0.15, -0.1) is 0 Å². The van der Waals surface area contributed by atoms with Gasteiger partial charge in [-0.3, -0.25) is 19.3 Å². The SMILES string of the molecule is CC(C)CC(=O)N[C@@H](CCCCN)C(=O)N(C(=O)C=S)[C@@H](Cc1ccccc1)C(=O)O. The van der Waals surface area contributed by atoms with E-state index in [-0.39, 0.29) is 31.1 Å². The first-order valence-corrected chi connectivity index (χ1v) is 10.8. The van der Waals surface area contributed by atoms with Crippen LogP contribution >= 0.6 is 12.2 Å². The minimum absolute atomic E-state index is 0.0725. The molecule has 0 saturated carbocycles. The molecule has 0 aromatic heterocycles. The number of nitrogens with two attached hydrogens (primary N) is 1. The Bertz CT molecular complexity index is 770. The number of rotatable bonds is 13. The molecule has 1 aromatic carbocycles. The van der Waals surface area contributed by atoms with E-state index in [2.05, 4.69) is 5.32 Å². The monoisotopic (exact) mass is 449 g/mol. The fourth-order valence-electron chi connectivity index (χ4n) is 3.14. The van der Waals surface area contributed by atoms with Crippen LogP contribution in [0.1, 0.15) is 45.1 Å². The van der Waals surface area contributed by atoms with E-state index in [4.69, 9.17) is 18.0 Å². The molecule has 4 N–H and O–H groups in total. The number of hydrogen-bond donors (Lipinski definition) is 3. The van der Waals surface area contributed by atoms with E-state index >= 15 is 0 Å². The summed E-state index contributed by atoms with van der Waals surface area (Å²) in [6.07, 6.45) is 1.52. The molecule has 9 heteroatoms. The predicted octanol–water partition coefficient (Wildman–Crippen LogP) is 1.70. The number of aliphatic carboxylic acids is 1. The van der Waals surface area contributed by atoms with Crippen molar-refractivity contribution in [2.75, 3.05) is 6.54 Å². The summed E-state index contributed by atoms with van der Waals surface area (Å²) in [5, 5.41) is 13.2. The third kappa shape index (κ3) is 8.94. The molecule has 31 heavy (non-hydrogen) atoms. The molecule has 0 radical (unpaired) electrons. The first-order valence-electron chi connectivity index (χ1n) is 10.3. The molecule has 0 aliphatic rings. The molecule has 0 unspecified atom stereocenters. The van der Waals surface area contributed by atoms with Gasteiger partial charge in [0.05, 0.1) is 5.37 Å². The van der Waals surface area contributed by atoms with Crippen LogP contribution < -0.4 is 11.1 Å². The van der Waals surface area contributed by atoms with Crippen LogP contribution in [0.2, 0.25) is 0 Å². The Morgan fingerprint density at radius 3 is 2.32 bits per heavy atom. The third-order valence-electron chi connectivity index (χ3n) is 4.62. The topological polar surface area (TPSA) is 130 Å². The number of nitrogens with zero attached hydrogens (tertiary/aromatic N) is 1. The molecule has 1 rings (SSSR count). The van der Waals surface area contributed by atoms with Gasteiger partial charge in [0.25, 0.3) is 11.8 Å². The number of carbonyl (C=O) groups excluding carboxylic acids is 3. The van der Waals surface area contributed by atoms with Gasteiger partial charge >= 0.3 is 5.97 Å². The number of carboxylic acid groups (broad SMARTS) is 1. The number of carbonyl (C=O) groups is 4. The second-order valence-corrected chi connectivity index (χ2v) is 7.95. The van der Waals surface area contributed by atoms with Gasteiger partial charge in [-0.2, -0.15) is 0 Å². The molecule has 0 aliphatic heterocycles. The molecule has 0 bridgehead atoms. The first-order chi connectivity index (χ1) is 14.7. The molecular weight excluding hydrogens is 418 g/mol. The summed E-state index contributed by atoms with van der Waals surface area (Å²) in [5.74, 6) is -3.29. The van der Waals surface area contributed by atoms with Crippen molar-refractivity contribution < 1.29 is 24.3 Å². The van der Waals surface area contributed by atoms with Crippen molar-refractivity contribution in [1.29, 1.82) is 0 Å². The standard InChI is InChI=1S/C22H31N3O5S/c1-15(2)12-19(26)24-17(10-6-7-11-23)21(28)25(20(27)14-31)18(22(29)30)13-16-8-4-3-5-9-16/h3-5,8-9,14-15,17-18H,6-7,10-13,23H2,1-2H3,(H,24,26)(H,29,30)/t17-,18-/m0/s1. The zero-order valence-electron chi connectivity index (χ0n) is 18.0. The van der Waals surface area contributed by atoms with Crippen molar-refractivity contribution in [2.45, 2.75) is 58.0 Å². The molecule has 8 nitrogen and oxygen atoms in total. The van der Waals surface area contributed by atoms with Crippen LogP contribution in [0.3, 0.4) is 0 Å². The molecule has 1 aromatic rings. The quantitative estimate of drug-likeness (QED) is 0.309. The summed E-state index contributed by atoms with van der Waals surface area (Å²) in [6.45, 7) is 4.15. The number of imide groups is 1. The minimum atomic E-state index is -1.46. The smallest absolute Gasteiger partial charge is 0.327 e. The van der Waals surface area contributed by atoms with Crippen molar-refractivity contribution in [3.05, 3.63) is 35.9 Å². The van der Waals surface area contributed by atoms with E-state index in [1.54, 1.807) is 30.3 Å². The van der Waals surface area contributed by atoms with Gasteiger partial charge in [0, 0.05) is 12.8 Å². The summed E-state index contributed by atoms with van der Waals surface area (Å²) in [4.78, 5) is 50.9. The Morgan fingerprint density at radius 1 is 1.16 bits per heavy atom. The largest absolute Gasteiger partial charge is 0.480 e. The van der Waals surface area contributed by atoms with E-state index in [0.29, 0.717) is 29.8 Å². The lowest BCUT2D eigenvalue weighted by atomic mass is 10.0. The van der Waals surface area contributed by atoms with Gasteiger partial charge in [-0.1, -0.05) is 56.4 Å². The highest BCUT2D eigenvalue weighted by Crippen LogP contribution is 2.15. The van der Waals surface area contributed by atoms with Gasteiger partial charge in [0.15, 0.2) is 0 Å². The summed E-state index contributed by atoms with van der Waals surface area (Å²) in [5.41, 5.74) is 6.17.